The molecule has 0 unspecified atom stereocenters. The van der Waals surface area contributed by atoms with Gasteiger partial charge in [0.15, 0.2) is 0 Å². The Kier molecular flexibility index (Phi) is 4.84. The van der Waals surface area contributed by atoms with Crippen LogP contribution < -0.4 is 0 Å². The SMILES string of the molecule is C=N/C=C(I)\C=N/C. The first-order valence-electron chi connectivity index (χ1n) is 2.05. The number of nitrogens with zero attached hydrogens (tertiary/aromatic N) is 2. The highest BCUT2D eigenvalue weighted by atomic mass is 127. The van der Waals surface area contributed by atoms with E-state index < -0.39 is 0 Å². The summed E-state index contributed by atoms with van der Waals surface area (Å²) in [7, 11) is 1.72. The van der Waals surface area contributed by atoms with Gasteiger partial charge in [0.25, 0.3) is 0 Å². The first-order chi connectivity index (χ1) is 3.81. The largest absolute Gasteiger partial charge is 0.295 e. The van der Waals surface area contributed by atoms with Crippen LogP contribution in [0.4, 0.5) is 0 Å². The zero-order chi connectivity index (χ0) is 6.41. The van der Waals surface area contributed by atoms with Crippen molar-refractivity contribution >= 4 is 35.5 Å². The van der Waals surface area contributed by atoms with Crippen LogP contribution in [0.3, 0.4) is 0 Å². The van der Waals surface area contributed by atoms with E-state index >= 15 is 0 Å². The fraction of sp³-hybridized carbons (Fsp3) is 0.200. The van der Waals surface area contributed by atoms with Gasteiger partial charge in [-0.25, -0.2) is 0 Å². The van der Waals surface area contributed by atoms with Crippen LogP contribution in [-0.4, -0.2) is 20.0 Å². The minimum absolute atomic E-state index is 0.986. The zero-order valence-electron chi connectivity index (χ0n) is 4.63. The summed E-state index contributed by atoms with van der Waals surface area (Å²) in [4.78, 5) is 7.31. The Morgan fingerprint density at radius 3 is 2.75 bits per heavy atom. The van der Waals surface area contributed by atoms with Gasteiger partial charge in [0.05, 0.1) is 0 Å². The molecular weight excluding hydrogens is 215 g/mol. The van der Waals surface area contributed by atoms with Crippen molar-refractivity contribution in [2.45, 2.75) is 0 Å². The molecule has 0 aliphatic heterocycles. The molecule has 0 fully saturated rings. The molecule has 0 atom stereocenters. The Labute approximate surface area is 62.6 Å². The normalized spacial score (nSPS) is 12.5. The number of hydrogen-bond acceptors (Lipinski definition) is 2. The number of halogens is 1. The Bertz CT molecular complexity index is 126. The summed E-state index contributed by atoms with van der Waals surface area (Å²) in [5, 5.41) is 0. The maximum absolute atomic E-state index is 3.77. The van der Waals surface area contributed by atoms with Crippen LogP contribution in [0, 0.1) is 0 Å². The Morgan fingerprint density at radius 1 is 1.75 bits per heavy atom. The first-order valence-corrected chi connectivity index (χ1v) is 3.12. The maximum Gasteiger partial charge on any atom is 0.0491 e. The van der Waals surface area contributed by atoms with Crippen LogP contribution in [0.5, 0.6) is 0 Å². The molecule has 0 aromatic heterocycles. The van der Waals surface area contributed by atoms with E-state index in [1.165, 1.54) is 0 Å². The van der Waals surface area contributed by atoms with Gasteiger partial charge in [-0.1, -0.05) is 0 Å². The molecule has 44 valence electrons. The van der Waals surface area contributed by atoms with Gasteiger partial charge in [0.2, 0.25) is 0 Å². The zero-order valence-corrected chi connectivity index (χ0v) is 6.79. The molecule has 0 spiro atoms. The topological polar surface area (TPSA) is 24.7 Å². The van der Waals surface area contributed by atoms with Crippen molar-refractivity contribution in [2.75, 3.05) is 7.05 Å². The van der Waals surface area contributed by atoms with Gasteiger partial charge in [0.1, 0.15) is 0 Å². The van der Waals surface area contributed by atoms with Crippen molar-refractivity contribution in [3.05, 3.63) is 9.78 Å². The van der Waals surface area contributed by atoms with Crippen molar-refractivity contribution in [1.82, 2.24) is 0 Å². The molecule has 0 aliphatic rings. The molecular formula is C5H7IN2. The molecule has 0 radical (unpaired) electrons. The Balaban J connectivity index is 3.79. The van der Waals surface area contributed by atoms with Crippen molar-refractivity contribution in [3.63, 3.8) is 0 Å². The number of rotatable bonds is 2. The summed E-state index contributed by atoms with van der Waals surface area (Å²) in [6, 6.07) is 0. The number of aliphatic imine (C=N–C) groups is 2. The van der Waals surface area contributed by atoms with Crippen molar-refractivity contribution in [3.8, 4) is 0 Å². The van der Waals surface area contributed by atoms with E-state index in [0.717, 1.165) is 3.58 Å². The fourth-order valence-electron chi connectivity index (χ4n) is 0.244. The van der Waals surface area contributed by atoms with Gasteiger partial charge in [-0.2, -0.15) is 0 Å². The van der Waals surface area contributed by atoms with Gasteiger partial charge in [-0.15, -0.1) is 0 Å². The quantitative estimate of drug-likeness (QED) is 0.501. The summed E-state index contributed by atoms with van der Waals surface area (Å²) >= 11 is 2.12. The first kappa shape index (κ1) is 7.81. The van der Waals surface area contributed by atoms with E-state index in [2.05, 4.69) is 39.3 Å². The predicted molar refractivity (Wildman–Crippen MR) is 46.1 cm³/mol. The molecule has 0 saturated carbocycles. The molecule has 0 bridgehead atoms. The highest BCUT2D eigenvalue weighted by Crippen LogP contribution is 2.00. The molecule has 3 heteroatoms. The third-order valence-electron chi connectivity index (χ3n) is 0.467. The highest BCUT2D eigenvalue weighted by molar-refractivity contribution is 14.1. The lowest BCUT2D eigenvalue weighted by Gasteiger charge is -1.79. The average Bonchev–Trinajstić information content (AvgIpc) is 1.68. The molecule has 0 saturated heterocycles. The van der Waals surface area contributed by atoms with E-state index in [9.17, 15) is 0 Å². The van der Waals surface area contributed by atoms with Gasteiger partial charge >= 0.3 is 0 Å². The molecule has 0 heterocycles. The van der Waals surface area contributed by atoms with Crippen molar-refractivity contribution < 1.29 is 0 Å². The second kappa shape index (κ2) is 4.96. The second-order valence-corrected chi connectivity index (χ2v) is 2.33. The van der Waals surface area contributed by atoms with Gasteiger partial charge in [-0.3, -0.25) is 9.98 Å². The summed E-state index contributed by atoms with van der Waals surface area (Å²) in [6.45, 7) is 3.29. The Morgan fingerprint density at radius 2 is 2.38 bits per heavy atom. The van der Waals surface area contributed by atoms with Crippen molar-refractivity contribution in [1.29, 1.82) is 0 Å². The lowest BCUT2D eigenvalue weighted by atomic mass is 10.7. The van der Waals surface area contributed by atoms with Crippen LogP contribution in [-0.2, 0) is 0 Å². The van der Waals surface area contributed by atoms with E-state index in [1.54, 1.807) is 19.5 Å². The predicted octanol–water partition coefficient (Wildman–Crippen LogP) is 1.66. The fourth-order valence-corrected chi connectivity index (χ4v) is 0.719. The summed E-state index contributed by atoms with van der Waals surface area (Å²) in [5.74, 6) is 0. The molecule has 0 rings (SSSR count). The van der Waals surface area contributed by atoms with E-state index in [-0.39, 0.29) is 0 Å². The maximum atomic E-state index is 3.77. The smallest absolute Gasteiger partial charge is 0.0491 e. The van der Waals surface area contributed by atoms with Gasteiger partial charge in [-0.05, 0) is 29.3 Å². The Hall–Kier alpha value is -0.190. The third-order valence-corrected chi connectivity index (χ3v) is 1.02. The molecule has 0 aromatic rings. The standard InChI is InChI=1S/C5H7IN2/c1-7-3-5(6)4-8-2/h3-4H,1H2,2H3/b5-3+,8-4-. The second-order valence-electron chi connectivity index (χ2n) is 1.08. The molecule has 8 heavy (non-hydrogen) atoms. The number of hydrogen-bond donors (Lipinski definition) is 0. The minimum Gasteiger partial charge on any atom is -0.295 e. The van der Waals surface area contributed by atoms with Crippen LogP contribution in [0.25, 0.3) is 0 Å². The summed E-state index contributed by atoms with van der Waals surface area (Å²) in [5.41, 5.74) is 0. The van der Waals surface area contributed by atoms with Gasteiger partial charge in [0, 0.05) is 23.0 Å². The van der Waals surface area contributed by atoms with Crippen molar-refractivity contribution in [2.24, 2.45) is 9.98 Å². The monoisotopic (exact) mass is 222 g/mol. The van der Waals surface area contributed by atoms with E-state index in [0.29, 0.717) is 0 Å². The number of allylic oxidation sites excluding steroid dienone is 1. The van der Waals surface area contributed by atoms with Crippen LogP contribution in [0.2, 0.25) is 0 Å². The third kappa shape index (κ3) is 3.98. The molecule has 0 N–H and O–H groups in total. The van der Waals surface area contributed by atoms with Crippen LogP contribution in [0.1, 0.15) is 0 Å². The lowest BCUT2D eigenvalue weighted by molar-refractivity contribution is 1.47. The molecule has 0 aliphatic carbocycles. The molecule has 0 aromatic carbocycles. The van der Waals surface area contributed by atoms with Gasteiger partial charge < -0.3 is 0 Å². The van der Waals surface area contributed by atoms with E-state index in [4.69, 9.17) is 0 Å². The molecule has 2 nitrogen and oxygen atoms in total. The highest BCUT2D eigenvalue weighted by Gasteiger charge is 1.76. The summed E-state index contributed by atoms with van der Waals surface area (Å²) < 4.78 is 0.986. The summed E-state index contributed by atoms with van der Waals surface area (Å²) in [6.07, 6.45) is 3.36. The van der Waals surface area contributed by atoms with E-state index in [1.807, 2.05) is 0 Å². The van der Waals surface area contributed by atoms with Crippen LogP contribution >= 0.6 is 22.6 Å². The minimum atomic E-state index is 0.986. The lowest BCUT2D eigenvalue weighted by Crippen LogP contribution is -1.68. The average molecular weight is 222 g/mol. The van der Waals surface area contributed by atoms with Crippen LogP contribution in [0.15, 0.2) is 19.8 Å². The molecule has 0 amide bonds.